The molecule has 0 saturated carbocycles. The van der Waals surface area contributed by atoms with E-state index in [1.165, 1.54) is 19.3 Å². The van der Waals surface area contributed by atoms with Gasteiger partial charge in [-0.15, -0.1) is 6.58 Å². The summed E-state index contributed by atoms with van der Waals surface area (Å²) in [7, 11) is 0. The first kappa shape index (κ1) is 14.0. The van der Waals surface area contributed by atoms with Crippen LogP contribution in [0.1, 0.15) is 45.4 Å². The number of rotatable bonds is 9. The second kappa shape index (κ2) is 13.0. The molecule has 0 heterocycles. The van der Waals surface area contributed by atoms with Crippen molar-refractivity contribution in [1.29, 1.82) is 0 Å². The van der Waals surface area contributed by atoms with E-state index in [1.807, 2.05) is 6.08 Å². The molecule has 0 N–H and O–H groups in total. The summed E-state index contributed by atoms with van der Waals surface area (Å²) in [6.45, 7) is 5.76. The Hall–Kier alpha value is -1.04. The van der Waals surface area contributed by atoms with Gasteiger partial charge in [0.2, 0.25) is 0 Å². The van der Waals surface area contributed by atoms with Crippen LogP contribution in [-0.2, 0) is 0 Å². The third-order valence-electron chi connectivity index (χ3n) is 2.11. The largest absolute Gasteiger partial charge is 0.103 e. The zero-order chi connectivity index (χ0) is 11.2. The van der Waals surface area contributed by atoms with Crippen LogP contribution in [0.15, 0.2) is 49.1 Å². The molecule has 0 rings (SSSR count). The molecule has 0 aromatic heterocycles. The van der Waals surface area contributed by atoms with Crippen LogP contribution in [0.5, 0.6) is 0 Å². The lowest BCUT2D eigenvalue weighted by molar-refractivity contribution is 0.986. The van der Waals surface area contributed by atoms with E-state index in [4.69, 9.17) is 0 Å². The van der Waals surface area contributed by atoms with Gasteiger partial charge in [-0.25, -0.2) is 0 Å². The normalized spacial score (nSPS) is 12.1. The van der Waals surface area contributed by atoms with Crippen LogP contribution in [0.4, 0.5) is 0 Å². The minimum absolute atomic E-state index is 1.09. The molecule has 0 nitrogen and oxygen atoms in total. The lowest BCUT2D eigenvalue weighted by Gasteiger charge is -1.89. The summed E-state index contributed by atoms with van der Waals surface area (Å²) in [6.07, 6.45) is 22.2. The molecule has 0 unspecified atom stereocenters. The van der Waals surface area contributed by atoms with Gasteiger partial charge in [0.25, 0.3) is 0 Å². The van der Waals surface area contributed by atoms with Crippen LogP contribution < -0.4 is 0 Å². The Kier molecular flexibility index (Phi) is 12.1. The predicted octanol–water partition coefficient (Wildman–Crippen LogP) is 5.20. The molecule has 0 spiro atoms. The highest BCUT2D eigenvalue weighted by Gasteiger charge is 1.78. The second-order valence-corrected chi connectivity index (χ2v) is 3.53. The van der Waals surface area contributed by atoms with Crippen molar-refractivity contribution in [2.75, 3.05) is 0 Å². The third-order valence-corrected chi connectivity index (χ3v) is 2.11. The average molecular weight is 204 g/mol. The molecule has 0 saturated heterocycles. The van der Waals surface area contributed by atoms with Gasteiger partial charge in [0, 0.05) is 0 Å². The molecular weight excluding hydrogens is 180 g/mol. The molecule has 0 aliphatic heterocycles. The van der Waals surface area contributed by atoms with Crippen molar-refractivity contribution in [1.82, 2.24) is 0 Å². The molecule has 0 bridgehead atoms. The van der Waals surface area contributed by atoms with E-state index >= 15 is 0 Å². The Balaban J connectivity index is 3.22. The quantitative estimate of drug-likeness (QED) is 0.357. The smallest absolute Gasteiger partial charge is 0.0316 e. The van der Waals surface area contributed by atoms with Crippen LogP contribution in [0.2, 0.25) is 0 Å². The number of hydrogen-bond donors (Lipinski definition) is 0. The lowest BCUT2D eigenvalue weighted by atomic mass is 10.2. The maximum Gasteiger partial charge on any atom is -0.0316 e. The van der Waals surface area contributed by atoms with Gasteiger partial charge in [-0.1, -0.05) is 42.5 Å². The highest BCUT2D eigenvalue weighted by Crippen LogP contribution is 1.99. The molecule has 0 aromatic carbocycles. The summed E-state index contributed by atoms with van der Waals surface area (Å²) in [5, 5.41) is 0. The fourth-order valence-electron chi connectivity index (χ4n) is 1.24. The first-order valence-electron chi connectivity index (χ1n) is 5.94. The minimum Gasteiger partial charge on any atom is -0.103 e. The molecule has 0 aliphatic rings. The Morgan fingerprint density at radius 1 is 0.667 bits per heavy atom. The number of unbranched alkanes of at least 4 members (excludes halogenated alkanes) is 3. The topological polar surface area (TPSA) is 0 Å². The Morgan fingerprint density at radius 3 is 1.47 bits per heavy atom. The van der Waals surface area contributed by atoms with Gasteiger partial charge in [-0.05, 0) is 45.4 Å². The van der Waals surface area contributed by atoms with Crippen LogP contribution in [0.25, 0.3) is 0 Å². The highest BCUT2D eigenvalue weighted by atomic mass is 13.9. The van der Waals surface area contributed by atoms with E-state index in [-0.39, 0.29) is 0 Å². The Morgan fingerprint density at radius 2 is 1.07 bits per heavy atom. The van der Waals surface area contributed by atoms with Gasteiger partial charge in [-0.2, -0.15) is 0 Å². The molecule has 84 valence electrons. The first-order valence-corrected chi connectivity index (χ1v) is 5.94. The Labute approximate surface area is 95.1 Å². The van der Waals surface area contributed by atoms with Gasteiger partial charge >= 0.3 is 0 Å². The zero-order valence-corrected chi connectivity index (χ0v) is 9.99. The van der Waals surface area contributed by atoms with Crippen molar-refractivity contribution in [3.05, 3.63) is 49.1 Å². The molecule has 0 aromatic rings. The SMILES string of the molecule is C=CCC/C=C/CC/C=C/CC/C=C/C. The van der Waals surface area contributed by atoms with E-state index in [1.54, 1.807) is 0 Å². The van der Waals surface area contributed by atoms with E-state index < -0.39 is 0 Å². The van der Waals surface area contributed by atoms with Crippen LogP contribution in [0, 0.1) is 0 Å². The van der Waals surface area contributed by atoms with Gasteiger partial charge in [0.05, 0.1) is 0 Å². The molecule has 0 fully saturated rings. The minimum atomic E-state index is 1.09. The monoisotopic (exact) mass is 204 g/mol. The molecule has 0 heteroatoms. The van der Waals surface area contributed by atoms with Crippen LogP contribution >= 0.6 is 0 Å². The average Bonchev–Trinajstić information content (AvgIpc) is 2.26. The molecule has 0 aliphatic carbocycles. The fourth-order valence-corrected chi connectivity index (χ4v) is 1.24. The van der Waals surface area contributed by atoms with E-state index in [0.717, 1.165) is 19.3 Å². The summed E-state index contributed by atoms with van der Waals surface area (Å²) in [5.41, 5.74) is 0. The van der Waals surface area contributed by atoms with Crippen LogP contribution in [0.3, 0.4) is 0 Å². The fraction of sp³-hybridized carbons (Fsp3) is 0.467. The third kappa shape index (κ3) is 13.0. The zero-order valence-electron chi connectivity index (χ0n) is 9.99. The number of hydrogen-bond acceptors (Lipinski definition) is 0. The van der Waals surface area contributed by atoms with Crippen LogP contribution in [-0.4, -0.2) is 0 Å². The van der Waals surface area contributed by atoms with Gasteiger partial charge in [0.1, 0.15) is 0 Å². The van der Waals surface area contributed by atoms with Crippen molar-refractivity contribution in [3.8, 4) is 0 Å². The van der Waals surface area contributed by atoms with Gasteiger partial charge in [0.15, 0.2) is 0 Å². The summed E-state index contributed by atoms with van der Waals surface area (Å²) in [6, 6.07) is 0. The standard InChI is InChI=1S/C15H24/c1-3-5-7-9-11-13-15-14-12-10-8-6-4-2/h3-4,6,9,11-12,14H,1,5,7-8,10,13,15H2,2H3/b6-4+,11-9+,14-12+. The maximum absolute atomic E-state index is 3.69. The van der Waals surface area contributed by atoms with Crippen molar-refractivity contribution < 1.29 is 0 Å². The van der Waals surface area contributed by atoms with E-state index in [9.17, 15) is 0 Å². The molecule has 0 radical (unpaired) electrons. The van der Waals surface area contributed by atoms with Gasteiger partial charge < -0.3 is 0 Å². The van der Waals surface area contributed by atoms with Crippen molar-refractivity contribution in [2.24, 2.45) is 0 Å². The maximum atomic E-state index is 3.69. The van der Waals surface area contributed by atoms with E-state index in [0.29, 0.717) is 0 Å². The molecule has 15 heavy (non-hydrogen) atoms. The van der Waals surface area contributed by atoms with Crippen molar-refractivity contribution in [3.63, 3.8) is 0 Å². The van der Waals surface area contributed by atoms with Crippen molar-refractivity contribution in [2.45, 2.75) is 45.4 Å². The summed E-state index contributed by atoms with van der Waals surface area (Å²) >= 11 is 0. The van der Waals surface area contributed by atoms with Crippen molar-refractivity contribution >= 4 is 0 Å². The second-order valence-electron chi connectivity index (χ2n) is 3.53. The summed E-state index contributed by atoms with van der Waals surface area (Å²) in [4.78, 5) is 0. The first-order chi connectivity index (χ1) is 7.41. The highest BCUT2D eigenvalue weighted by molar-refractivity contribution is 4.90. The molecule has 0 amide bonds. The lowest BCUT2D eigenvalue weighted by Crippen LogP contribution is -1.68. The van der Waals surface area contributed by atoms with E-state index in [2.05, 4.69) is 50.0 Å². The van der Waals surface area contributed by atoms with Gasteiger partial charge in [-0.3, -0.25) is 0 Å². The Bertz CT molecular complexity index is 206. The number of allylic oxidation sites excluding steroid dienone is 7. The summed E-state index contributed by atoms with van der Waals surface area (Å²) in [5.74, 6) is 0. The predicted molar refractivity (Wildman–Crippen MR) is 71.0 cm³/mol. The molecule has 0 atom stereocenters. The summed E-state index contributed by atoms with van der Waals surface area (Å²) < 4.78 is 0. The molecular formula is C15H24.